The van der Waals surface area contributed by atoms with Gasteiger partial charge < -0.3 is 19.5 Å². The largest absolute Gasteiger partial charge is 0.497 e. The number of carbonyl (C=O) groups excluding carboxylic acids is 1. The molecule has 2 aromatic carbocycles. The van der Waals surface area contributed by atoms with Crippen LogP contribution in [-0.2, 0) is 11.3 Å². The number of hydrogen-bond acceptors (Lipinski definition) is 5. The standard InChI is InChI=1S/C22H20N2O4/c1-26-17-8-6-16(7-9-17)21(18-4-2-3-11-23-18)22(25)24-13-15-5-10-19-20(12-15)28-14-27-19/h2-12,21H,13-14H2,1H3,(H,24,25). The number of methoxy groups -OCH3 is 1. The van der Waals surface area contributed by atoms with Crippen molar-refractivity contribution in [2.24, 2.45) is 0 Å². The third-order valence-electron chi connectivity index (χ3n) is 4.60. The van der Waals surface area contributed by atoms with Crippen LogP contribution in [0, 0.1) is 0 Å². The minimum Gasteiger partial charge on any atom is -0.497 e. The first-order chi connectivity index (χ1) is 13.7. The van der Waals surface area contributed by atoms with Gasteiger partial charge in [-0.15, -0.1) is 0 Å². The Kier molecular flexibility index (Phi) is 5.10. The predicted octanol–water partition coefficient (Wildman–Crippen LogP) is 3.27. The predicted molar refractivity (Wildman–Crippen MR) is 103 cm³/mol. The van der Waals surface area contributed by atoms with Gasteiger partial charge in [0.2, 0.25) is 12.7 Å². The first kappa shape index (κ1) is 17.9. The van der Waals surface area contributed by atoms with Crippen molar-refractivity contribution in [2.75, 3.05) is 13.9 Å². The zero-order valence-electron chi connectivity index (χ0n) is 15.4. The molecule has 1 amide bonds. The molecule has 142 valence electrons. The maximum absolute atomic E-state index is 13.1. The molecule has 1 N–H and O–H groups in total. The number of nitrogens with one attached hydrogen (secondary N) is 1. The monoisotopic (exact) mass is 376 g/mol. The molecule has 3 aromatic rings. The van der Waals surface area contributed by atoms with Gasteiger partial charge in [-0.25, -0.2) is 0 Å². The molecule has 0 saturated carbocycles. The molecular weight excluding hydrogens is 356 g/mol. The Bertz CT molecular complexity index is 958. The maximum Gasteiger partial charge on any atom is 0.233 e. The van der Waals surface area contributed by atoms with Crippen LogP contribution < -0.4 is 19.5 Å². The lowest BCUT2D eigenvalue weighted by atomic mass is 9.94. The smallest absolute Gasteiger partial charge is 0.233 e. The summed E-state index contributed by atoms with van der Waals surface area (Å²) in [7, 11) is 1.61. The van der Waals surface area contributed by atoms with Gasteiger partial charge >= 0.3 is 0 Å². The van der Waals surface area contributed by atoms with Crippen molar-refractivity contribution in [1.82, 2.24) is 10.3 Å². The highest BCUT2D eigenvalue weighted by molar-refractivity contribution is 5.86. The van der Waals surface area contributed by atoms with E-state index in [9.17, 15) is 4.79 Å². The molecule has 2 heterocycles. The van der Waals surface area contributed by atoms with E-state index < -0.39 is 5.92 Å². The molecule has 0 spiro atoms. The number of pyridine rings is 1. The molecule has 1 aromatic heterocycles. The Labute approximate surface area is 163 Å². The number of benzene rings is 2. The lowest BCUT2D eigenvalue weighted by Gasteiger charge is -2.17. The quantitative estimate of drug-likeness (QED) is 0.715. The number of nitrogens with zero attached hydrogens (tertiary/aromatic N) is 1. The summed E-state index contributed by atoms with van der Waals surface area (Å²) >= 11 is 0. The average Bonchev–Trinajstić information content (AvgIpc) is 3.22. The van der Waals surface area contributed by atoms with Crippen molar-refractivity contribution in [3.8, 4) is 17.2 Å². The van der Waals surface area contributed by atoms with Gasteiger partial charge in [0.25, 0.3) is 0 Å². The molecule has 0 radical (unpaired) electrons. The number of ether oxygens (including phenoxy) is 3. The summed E-state index contributed by atoms with van der Waals surface area (Å²) < 4.78 is 15.9. The number of amides is 1. The molecule has 1 aliphatic heterocycles. The van der Waals surface area contributed by atoms with E-state index in [0.29, 0.717) is 18.0 Å². The van der Waals surface area contributed by atoms with Crippen molar-refractivity contribution in [2.45, 2.75) is 12.5 Å². The molecule has 6 heteroatoms. The molecule has 0 aliphatic carbocycles. The summed E-state index contributed by atoms with van der Waals surface area (Å²) in [4.78, 5) is 17.5. The minimum absolute atomic E-state index is 0.124. The van der Waals surface area contributed by atoms with Crippen molar-refractivity contribution in [3.05, 3.63) is 83.7 Å². The Morgan fingerprint density at radius 2 is 1.93 bits per heavy atom. The van der Waals surface area contributed by atoms with E-state index in [4.69, 9.17) is 14.2 Å². The lowest BCUT2D eigenvalue weighted by Crippen LogP contribution is -2.30. The molecule has 1 unspecified atom stereocenters. The molecule has 6 nitrogen and oxygen atoms in total. The van der Waals surface area contributed by atoms with Gasteiger partial charge in [-0.05, 0) is 47.5 Å². The Balaban J connectivity index is 1.54. The Morgan fingerprint density at radius 3 is 2.68 bits per heavy atom. The summed E-state index contributed by atoms with van der Waals surface area (Å²) in [5, 5.41) is 3.01. The van der Waals surface area contributed by atoms with Gasteiger partial charge in [-0.3, -0.25) is 9.78 Å². The molecule has 0 bridgehead atoms. The number of hydrogen-bond donors (Lipinski definition) is 1. The maximum atomic E-state index is 13.1. The van der Waals surface area contributed by atoms with E-state index in [1.54, 1.807) is 13.3 Å². The van der Waals surface area contributed by atoms with Gasteiger partial charge in [-0.1, -0.05) is 24.3 Å². The highest BCUT2D eigenvalue weighted by atomic mass is 16.7. The van der Waals surface area contributed by atoms with Gasteiger partial charge in [0.05, 0.1) is 12.8 Å². The number of carbonyl (C=O) groups is 1. The first-order valence-electron chi connectivity index (χ1n) is 8.96. The van der Waals surface area contributed by atoms with Crippen LogP contribution in [-0.4, -0.2) is 24.8 Å². The fourth-order valence-electron chi connectivity index (χ4n) is 3.14. The van der Waals surface area contributed by atoms with E-state index in [2.05, 4.69) is 10.3 Å². The topological polar surface area (TPSA) is 69.7 Å². The molecule has 28 heavy (non-hydrogen) atoms. The summed E-state index contributed by atoms with van der Waals surface area (Å²) in [5.74, 6) is 1.52. The third kappa shape index (κ3) is 3.76. The van der Waals surface area contributed by atoms with Crippen LogP contribution in [0.15, 0.2) is 66.9 Å². The summed E-state index contributed by atoms with van der Waals surface area (Å²) in [6.07, 6.45) is 1.69. The molecule has 1 aliphatic rings. The van der Waals surface area contributed by atoms with E-state index >= 15 is 0 Å². The van der Waals surface area contributed by atoms with Crippen LogP contribution >= 0.6 is 0 Å². The van der Waals surface area contributed by atoms with Crippen LogP contribution in [0.1, 0.15) is 22.7 Å². The second-order valence-electron chi connectivity index (χ2n) is 6.37. The third-order valence-corrected chi connectivity index (χ3v) is 4.60. The van der Waals surface area contributed by atoms with Crippen LogP contribution in [0.5, 0.6) is 17.2 Å². The van der Waals surface area contributed by atoms with Gasteiger partial charge in [-0.2, -0.15) is 0 Å². The fraction of sp³-hybridized carbons (Fsp3) is 0.182. The second-order valence-corrected chi connectivity index (χ2v) is 6.37. The summed E-state index contributed by atoms with van der Waals surface area (Å²) in [6, 6.07) is 18.7. The van der Waals surface area contributed by atoms with Crippen molar-refractivity contribution in [1.29, 1.82) is 0 Å². The zero-order chi connectivity index (χ0) is 19.3. The zero-order valence-corrected chi connectivity index (χ0v) is 15.4. The molecule has 1 atom stereocenters. The minimum atomic E-state index is -0.513. The first-order valence-corrected chi connectivity index (χ1v) is 8.96. The second kappa shape index (κ2) is 8.00. The summed E-state index contributed by atoms with van der Waals surface area (Å²) in [6.45, 7) is 0.610. The van der Waals surface area contributed by atoms with Crippen LogP contribution in [0.3, 0.4) is 0 Å². The average molecular weight is 376 g/mol. The molecular formula is C22H20N2O4. The number of rotatable bonds is 6. The Hall–Kier alpha value is -3.54. The van der Waals surface area contributed by atoms with E-state index in [-0.39, 0.29) is 12.7 Å². The van der Waals surface area contributed by atoms with Gasteiger partial charge in [0.15, 0.2) is 11.5 Å². The fourth-order valence-corrected chi connectivity index (χ4v) is 3.14. The molecule has 0 saturated heterocycles. The van der Waals surface area contributed by atoms with Crippen LogP contribution in [0.25, 0.3) is 0 Å². The molecule has 4 rings (SSSR count). The van der Waals surface area contributed by atoms with Crippen LogP contribution in [0.4, 0.5) is 0 Å². The molecule has 0 fully saturated rings. The number of fused-ring (bicyclic) bond motifs is 1. The van der Waals surface area contributed by atoms with E-state index in [1.165, 1.54) is 0 Å². The van der Waals surface area contributed by atoms with Crippen LogP contribution in [0.2, 0.25) is 0 Å². The van der Waals surface area contributed by atoms with E-state index in [1.807, 2.05) is 60.7 Å². The highest BCUT2D eigenvalue weighted by Gasteiger charge is 2.24. The normalized spacial score (nSPS) is 13.0. The lowest BCUT2D eigenvalue weighted by molar-refractivity contribution is -0.121. The van der Waals surface area contributed by atoms with Gasteiger partial charge in [0, 0.05) is 12.7 Å². The Morgan fingerprint density at radius 1 is 1.11 bits per heavy atom. The van der Waals surface area contributed by atoms with E-state index in [0.717, 1.165) is 22.6 Å². The SMILES string of the molecule is COc1ccc(C(C(=O)NCc2ccc3c(c2)OCO3)c2ccccn2)cc1. The highest BCUT2D eigenvalue weighted by Crippen LogP contribution is 2.32. The van der Waals surface area contributed by atoms with Gasteiger partial charge in [0.1, 0.15) is 11.7 Å². The van der Waals surface area contributed by atoms with Crippen molar-refractivity contribution in [3.63, 3.8) is 0 Å². The van der Waals surface area contributed by atoms with Crippen molar-refractivity contribution < 1.29 is 19.0 Å². The number of aromatic nitrogens is 1. The summed E-state index contributed by atoms with van der Waals surface area (Å²) in [5.41, 5.74) is 2.48. The van der Waals surface area contributed by atoms with Crippen molar-refractivity contribution >= 4 is 5.91 Å².